The second kappa shape index (κ2) is 9.23. The molecule has 2 amide bonds. The molecule has 0 aromatic heterocycles. The van der Waals surface area contributed by atoms with E-state index in [1.165, 1.54) is 21.2 Å². The highest BCUT2D eigenvalue weighted by Crippen LogP contribution is 2.25. The summed E-state index contributed by atoms with van der Waals surface area (Å²) in [5.74, 6) is -0.351. The number of hydrogen-bond donors (Lipinski definition) is 2. The first-order chi connectivity index (χ1) is 13.8. The summed E-state index contributed by atoms with van der Waals surface area (Å²) in [5.41, 5.74) is 2.42. The fraction of sp³-hybridized carbons (Fsp3) is 0.600. The van der Waals surface area contributed by atoms with Gasteiger partial charge in [-0.3, -0.25) is 9.59 Å². The minimum atomic E-state index is -3.51. The van der Waals surface area contributed by atoms with Gasteiger partial charge in [0.2, 0.25) is 15.9 Å². The van der Waals surface area contributed by atoms with Crippen molar-refractivity contribution < 1.29 is 22.9 Å². The summed E-state index contributed by atoms with van der Waals surface area (Å²) in [6.45, 7) is 2.14. The maximum atomic E-state index is 13.0. The van der Waals surface area contributed by atoms with Gasteiger partial charge >= 0.3 is 0 Å². The Labute approximate surface area is 172 Å². The largest absolute Gasteiger partial charge is 0.347 e. The molecule has 0 saturated carbocycles. The molecule has 160 valence electrons. The fourth-order valence-electron chi connectivity index (χ4n) is 3.86. The van der Waals surface area contributed by atoms with Crippen LogP contribution in [0.1, 0.15) is 24.0 Å². The molecule has 0 spiro atoms. The average molecular weight is 424 g/mol. The zero-order chi connectivity index (χ0) is 21.0. The number of quaternary nitrogens is 1. The predicted molar refractivity (Wildman–Crippen MR) is 109 cm³/mol. The zero-order valence-electron chi connectivity index (χ0n) is 17.2. The van der Waals surface area contributed by atoms with Crippen LogP contribution in [-0.2, 0) is 32.5 Å². The molecule has 1 saturated heterocycles. The number of hydrogen-bond acceptors (Lipinski definition) is 4. The van der Waals surface area contributed by atoms with E-state index < -0.39 is 10.0 Å². The minimum absolute atomic E-state index is 0.0159. The molecule has 29 heavy (non-hydrogen) atoms. The normalized spacial score (nSPS) is 18.1. The second-order valence-electron chi connectivity index (χ2n) is 8.03. The lowest BCUT2D eigenvalue weighted by Crippen LogP contribution is -3.15. The van der Waals surface area contributed by atoms with E-state index in [2.05, 4.69) is 5.32 Å². The van der Waals surface area contributed by atoms with Crippen LogP contribution in [0.25, 0.3) is 0 Å². The van der Waals surface area contributed by atoms with Crippen molar-refractivity contribution in [2.24, 2.45) is 0 Å². The third kappa shape index (κ3) is 5.34. The Morgan fingerprint density at radius 2 is 1.76 bits per heavy atom. The van der Waals surface area contributed by atoms with Gasteiger partial charge in [-0.05, 0) is 48.9 Å². The highest BCUT2D eigenvalue weighted by Gasteiger charge is 2.31. The molecule has 0 atom stereocenters. The molecule has 2 N–H and O–H groups in total. The number of amides is 2. The van der Waals surface area contributed by atoms with Crippen LogP contribution >= 0.6 is 0 Å². The summed E-state index contributed by atoms with van der Waals surface area (Å²) in [5, 5.41) is 2.62. The number of piperazine rings is 1. The second-order valence-corrected chi connectivity index (χ2v) is 9.97. The molecule has 0 bridgehead atoms. The van der Waals surface area contributed by atoms with Gasteiger partial charge in [-0.15, -0.1) is 0 Å². The number of likely N-dealkylation sites (N-methyl/N-ethyl adjacent to an activating group) is 1. The highest BCUT2D eigenvalue weighted by atomic mass is 32.2. The Hall–Kier alpha value is -1.97. The van der Waals surface area contributed by atoms with Gasteiger partial charge in [-0.25, -0.2) is 8.42 Å². The number of sulfonamides is 1. The van der Waals surface area contributed by atoms with Gasteiger partial charge in [-0.1, -0.05) is 6.07 Å². The number of fused-ring (bicyclic) bond motifs is 1. The molecule has 3 rings (SSSR count). The molecular weight excluding hydrogens is 392 g/mol. The molecule has 1 fully saturated rings. The molecule has 0 radical (unpaired) electrons. The maximum Gasteiger partial charge on any atom is 0.275 e. The molecule has 1 aliphatic carbocycles. The SMILES string of the molecule is CN(C)C(=O)CNC(=O)C[NH+]1CCN(S(=O)(=O)c2ccc3c(c2)CCCC3)CC1. The lowest BCUT2D eigenvalue weighted by Gasteiger charge is -2.31. The lowest BCUT2D eigenvalue weighted by molar-refractivity contribution is -0.895. The first-order valence-corrected chi connectivity index (χ1v) is 11.6. The van der Waals surface area contributed by atoms with Gasteiger partial charge in [0.25, 0.3) is 5.91 Å². The number of aryl methyl sites for hydroxylation is 2. The van der Waals surface area contributed by atoms with Gasteiger partial charge in [0.05, 0.1) is 37.6 Å². The Balaban J connectivity index is 1.53. The molecule has 1 aromatic carbocycles. The first kappa shape index (κ1) is 21.7. The molecule has 1 heterocycles. The number of benzene rings is 1. The third-order valence-electron chi connectivity index (χ3n) is 5.73. The number of carbonyl (C=O) groups excluding carboxylic acids is 2. The van der Waals surface area contributed by atoms with Crippen molar-refractivity contribution in [2.75, 3.05) is 53.4 Å². The molecule has 1 aliphatic heterocycles. The van der Waals surface area contributed by atoms with Crippen molar-refractivity contribution in [1.82, 2.24) is 14.5 Å². The summed E-state index contributed by atoms with van der Waals surface area (Å²) in [6.07, 6.45) is 4.25. The first-order valence-electron chi connectivity index (χ1n) is 10.2. The van der Waals surface area contributed by atoms with Crippen molar-refractivity contribution >= 4 is 21.8 Å². The van der Waals surface area contributed by atoms with Crippen LogP contribution in [0.3, 0.4) is 0 Å². The van der Waals surface area contributed by atoms with Gasteiger partial charge in [0, 0.05) is 14.1 Å². The molecular formula is C20H31N4O4S+. The quantitative estimate of drug-likeness (QED) is 0.593. The van der Waals surface area contributed by atoms with Crippen LogP contribution in [0.5, 0.6) is 0 Å². The van der Waals surface area contributed by atoms with Crippen LogP contribution in [-0.4, -0.2) is 82.8 Å². The summed E-state index contributed by atoms with van der Waals surface area (Å²) < 4.78 is 27.6. The minimum Gasteiger partial charge on any atom is -0.347 e. The molecule has 8 nitrogen and oxygen atoms in total. The van der Waals surface area contributed by atoms with Gasteiger partial charge in [-0.2, -0.15) is 4.31 Å². The monoisotopic (exact) mass is 423 g/mol. The van der Waals surface area contributed by atoms with Gasteiger partial charge in [0.15, 0.2) is 6.54 Å². The van der Waals surface area contributed by atoms with Crippen molar-refractivity contribution in [2.45, 2.75) is 30.6 Å². The molecule has 9 heteroatoms. The summed E-state index contributed by atoms with van der Waals surface area (Å²) >= 11 is 0. The standard InChI is InChI=1S/C20H30N4O4S/c1-22(2)20(26)14-21-19(25)15-23-9-11-24(12-10-23)29(27,28)18-8-7-16-5-3-4-6-17(16)13-18/h7-8,13H,3-6,9-12,14-15H2,1-2H3,(H,21,25)/p+1. The Bertz CT molecular complexity index is 861. The third-order valence-corrected chi connectivity index (χ3v) is 7.63. The smallest absolute Gasteiger partial charge is 0.275 e. The highest BCUT2D eigenvalue weighted by molar-refractivity contribution is 7.89. The zero-order valence-corrected chi connectivity index (χ0v) is 18.1. The summed E-state index contributed by atoms with van der Waals surface area (Å²) in [6, 6.07) is 5.54. The Morgan fingerprint density at radius 3 is 2.41 bits per heavy atom. The van der Waals surface area contributed by atoms with E-state index >= 15 is 0 Å². The van der Waals surface area contributed by atoms with E-state index in [0.29, 0.717) is 31.1 Å². The van der Waals surface area contributed by atoms with Gasteiger partial charge < -0.3 is 15.1 Å². The van der Waals surface area contributed by atoms with Crippen LogP contribution < -0.4 is 10.2 Å². The number of nitrogens with zero attached hydrogens (tertiary/aromatic N) is 2. The predicted octanol–water partition coefficient (Wildman–Crippen LogP) is -1.34. The van der Waals surface area contributed by atoms with Gasteiger partial charge in [0.1, 0.15) is 0 Å². The number of nitrogens with one attached hydrogen (secondary N) is 2. The fourth-order valence-corrected chi connectivity index (χ4v) is 5.35. The summed E-state index contributed by atoms with van der Waals surface area (Å²) in [4.78, 5) is 26.4. The van der Waals surface area contributed by atoms with Crippen LogP contribution in [0.2, 0.25) is 0 Å². The number of carbonyl (C=O) groups is 2. The average Bonchev–Trinajstić information content (AvgIpc) is 2.72. The van der Waals surface area contributed by atoms with E-state index in [1.54, 1.807) is 20.2 Å². The molecule has 0 unspecified atom stereocenters. The van der Waals surface area contributed by atoms with E-state index in [4.69, 9.17) is 0 Å². The van der Waals surface area contributed by atoms with E-state index in [1.807, 2.05) is 12.1 Å². The van der Waals surface area contributed by atoms with E-state index in [9.17, 15) is 18.0 Å². The van der Waals surface area contributed by atoms with E-state index in [-0.39, 0.29) is 24.9 Å². The topological polar surface area (TPSA) is 91.2 Å². The van der Waals surface area contributed by atoms with Crippen LogP contribution in [0.4, 0.5) is 0 Å². The van der Waals surface area contributed by atoms with E-state index in [0.717, 1.165) is 29.7 Å². The van der Waals surface area contributed by atoms with Crippen molar-refractivity contribution in [3.63, 3.8) is 0 Å². The van der Waals surface area contributed by atoms with Crippen molar-refractivity contribution in [3.05, 3.63) is 29.3 Å². The Morgan fingerprint density at radius 1 is 1.10 bits per heavy atom. The van der Waals surface area contributed by atoms with Crippen LogP contribution in [0.15, 0.2) is 23.1 Å². The maximum absolute atomic E-state index is 13.0. The van der Waals surface area contributed by atoms with Crippen molar-refractivity contribution in [1.29, 1.82) is 0 Å². The van der Waals surface area contributed by atoms with Crippen molar-refractivity contribution in [3.8, 4) is 0 Å². The lowest BCUT2D eigenvalue weighted by atomic mass is 9.92. The molecule has 1 aromatic rings. The summed E-state index contributed by atoms with van der Waals surface area (Å²) in [7, 11) is -0.227. The number of rotatable bonds is 6. The van der Waals surface area contributed by atoms with Crippen LogP contribution in [0, 0.1) is 0 Å². The Kier molecular flexibility index (Phi) is 6.92. The molecule has 2 aliphatic rings.